The molecule has 0 saturated carbocycles. The van der Waals surface area contributed by atoms with E-state index < -0.39 is 0 Å². The standard InChI is InChI=1S/C15H25BrN2O2/c1-5-15(3,20-6-2)14(18-17)10-11-9-12(16)7-8-13(11)19-4/h7-9,14,18H,5-6,10,17H2,1-4H3. The van der Waals surface area contributed by atoms with Gasteiger partial charge in [0.15, 0.2) is 0 Å². The molecule has 2 atom stereocenters. The molecule has 5 heteroatoms. The average molecular weight is 345 g/mol. The Balaban J connectivity index is 3.01. The third-order valence-corrected chi connectivity index (χ3v) is 4.27. The number of methoxy groups -OCH3 is 1. The molecule has 3 N–H and O–H groups in total. The zero-order chi connectivity index (χ0) is 15.2. The molecular weight excluding hydrogens is 320 g/mol. The normalized spacial score (nSPS) is 15.7. The van der Waals surface area contributed by atoms with E-state index >= 15 is 0 Å². The van der Waals surface area contributed by atoms with Crippen LogP contribution in [0.5, 0.6) is 5.75 Å². The summed E-state index contributed by atoms with van der Waals surface area (Å²) >= 11 is 3.50. The summed E-state index contributed by atoms with van der Waals surface area (Å²) in [5, 5.41) is 0. The highest BCUT2D eigenvalue weighted by Crippen LogP contribution is 2.28. The summed E-state index contributed by atoms with van der Waals surface area (Å²) in [6.45, 7) is 6.86. The van der Waals surface area contributed by atoms with E-state index in [1.54, 1.807) is 7.11 Å². The van der Waals surface area contributed by atoms with Crippen molar-refractivity contribution in [3.8, 4) is 5.75 Å². The number of ether oxygens (including phenoxy) is 2. The maximum Gasteiger partial charge on any atom is 0.122 e. The Labute approximate surface area is 130 Å². The van der Waals surface area contributed by atoms with Crippen molar-refractivity contribution in [1.29, 1.82) is 0 Å². The van der Waals surface area contributed by atoms with Gasteiger partial charge in [-0.1, -0.05) is 22.9 Å². The van der Waals surface area contributed by atoms with Crippen molar-refractivity contribution in [2.45, 2.75) is 45.3 Å². The third kappa shape index (κ3) is 4.19. The van der Waals surface area contributed by atoms with Crippen LogP contribution in [-0.4, -0.2) is 25.4 Å². The first-order chi connectivity index (χ1) is 9.50. The Hall–Kier alpha value is -0.620. The van der Waals surface area contributed by atoms with Crippen LogP contribution >= 0.6 is 15.9 Å². The number of rotatable bonds is 8. The highest BCUT2D eigenvalue weighted by Gasteiger charge is 2.33. The van der Waals surface area contributed by atoms with Crippen LogP contribution in [0.4, 0.5) is 0 Å². The third-order valence-electron chi connectivity index (χ3n) is 3.78. The van der Waals surface area contributed by atoms with Crippen molar-refractivity contribution in [1.82, 2.24) is 5.43 Å². The lowest BCUT2D eigenvalue weighted by Crippen LogP contribution is -2.54. The lowest BCUT2D eigenvalue weighted by atomic mass is 9.88. The summed E-state index contributed by atoms with van der Waals surface area (Å²) < 4.78 is 12.4. The largest absolute Gasteiger partial charge is 0.496 e. The van der Waals surface area contributed by atoms with E-state index in [0.29, 0.717) is 6.61 Å². The molecule has 1 aromatic rings. The van der Waals surface area contributed by atoms with Gasteiger partial charge in [-0.3, -0.25) is 11.3 Å². The Morgan fingerprint density at radius 2 is 2.10 bits per heavy atom. The van der Waals surface area contributed by atoms with Gasteiger partial charge in [-0.2, -0.15) is 0 Å². The SMILES string of the molecule is CCOC(C)(CC)C(Cc1cc(Br)ccc1OC)NN. The Bertz CT molecular complexity index is 428. The molecular formula is C15H25BrN2O2. The minimum Gasteiger partial charge on any atom is -0.496 e. The maximum atomic E-state index is 5.91. The summed E-state index contributed by atoms with van der Waals surface area (Å²) in [6.07, 6.45) is 1.62. The predicted molar refractivity (Wildman–Crippen MR) is 85.8 cm³/mol. The molecule has 2 unspecified atom stereocenters. The van der Waals surface area contributed by atoms with Crippen molar-refractivity contribution >= 4 is 15.9 Å². The fourth-order valence-corrected chi connectivity index (χ4v) is 2.76. The van der Waals surface area contributed by atoms with Gasteiger partial charge in [-0.15, -0.1) is 0 Å². The zero-order valence-electron chi connectivity index (χ0n) is 12.7. The lowest BCUT2D eigenvalue weighted by molar-refractivity contribution is -0.0551. The van der Waals surface area contributed by atoms with Crippen molar-refractivity contribution in [3.05, 3.63) is 28.2 Å². The van der Waals surface area contributed by atoms with E-state index in [9.17, 15) is 0 Å². The van der Waals surface area contributed by atoms with Gasteiger partial charge in [0.05, 0.1) is 18.8 Å². The summed E-state index contributed by atoms with van der Waals surface area (Å²) in [5.74, 6) is 6.62. The number of hydrogen-bond acceptors (Lipinski definition) is 4. The van der Waals surface area contributed by atoms with Gasteiger partial charge in [0.2, 0.25) is 0 Å². The van der Waals surface area contributed by atoms with E-state index in [1.165, 1.54) is 0 Å². The van der Waals surface area contributed by atoms with Gasteiger partial charge < -0.3 is 9.47 Å². The lowest BCUT2D eigenvalue weighted by Gasteiger charge is -2.36. The monoisotopic (exact) mass is 344 g/mol. The maximum absolute atomic E-state index is 5.91. The summed E-state index contributed by atoms with van der Waals surface area (Å²) in [7, 11) is 1.68. The average Bonchev–Trinajstić information content (AvgIpc) is 2.45. The van der Waals surface area contributed by atoms with Crippen LogP contribution in [0.25, 0.3) is 0 Å². The molecule has 0 fully saturated rings. The van der Waals surface area contributed by atoms with Crippen molar-refractivity contribution < 1.29 is 9.47 Å². The van der Waals surface area contributed by atoms with Crippen molar-refractivity contribution in [2.75, 3.05) is 13.7 Å². The van der Waals surface area contributed by atoms with Crippen LogP contribution in [0.2, 0.25) is 0 Å². The summed E-state index contributed by atoms with van der Waals surface area (Å²) in [4.78, 5) is 0. The van der Waals surface area contributed by atoms with Gasteiger partial charge in [-0.05, 0) is 50.5 Å². The molecule has 0 heterocycles. The number of benzene rings is 1. The molecule has 1 aromatic carbocycles. The fraction of sp³-hybridized carbons (Fsp3) is 0.600. The van der Waals surface area contributed by atoms with Gasteiger partial charge in [0.1, 0.15) is 5.75 Å². The van der Waals surface area contributed by atoms with E-state index in [1.807, 2.05) is 19.1 Å². The molecule has 0 aliphatic rings. The molecule has 0 bridgehead atoms. The summed E-state index contributed by atoms with van der Waals surface area (Å²) in [5.41, 5.74) is 3.69. The first kappa shape index (κ1) is 17.4. The van der Waals surface area contributed by atoms with Gasteiger partial charge in [0, 0.05) is 11.1 Å². The Morgan fingerprint density at radius 3 is 2.60 bits per heavy atom. The van der Waals surface area contributed by atoms with Gasteiger partial charge in [-0.25, -0.2) is 0 Å². The number of nitrogens with two attached hydrogens (primary N) is 1. The van der Waals surface area contributed by atoms with Crippen molar-refractivity contribution in [3.63, 3.8) is 0 Å². The molecule has 0 aromatic heterocycles. The zero-order valence-corrected chi connectivity index (χ0v) is 14.3. The van der Waals surface area contributed by atoms with Crippen LogP contribution in [0, 0.1) is 0 Å². The second kappa shape index (κ2) is 7.98. The summed E-state index contributed by atoms with van der Waals surface area (Å²) in [6, 6.07) is 5.99. The molecule has 0 spiro atoms. The topological polar surface area (TPSA) is 56.5 Å². The quantitative estimate of drug-likeness (QED) is 0.562. The second-order valence-electron chi connectivity index (χ2n) is 4.98. The smallest absolute Gasteiger partial charge is 0.122 e. The van der Waals surface area contributed by atoms with E-state index in [0.717, 1.165) is 28.6 Å². The van der Waals surface area contributed by atoms with Crippen molar-refractivity contribution in [2.24, 2.45) is 5.84 Å². The number of hydrogen-bond donors (Lipinski definition) is 2. The molecule has 20 heavy (non-hydrogen) atoms. The number of hydrazine groups is 1. The number of halogens is 1. The predicted octanol–water partition coefficient (Wildman–Crippen LogP) is 3.04. The molecule has 1 rings (SSSR count). The van der Waals surface area contributed by atoms with Crippen LogP contribution in [0.15, 0.2) is 22.7 Å². The first-order valence-electron chi connectivity index (χ1n) is 6.93. The van der Waals surface area contributed by atoms with Crippen LogP contribution in [0.3, 0.4) is 0 Å². The molecule has 0 saturated heterocycles. The molecule has 0 radical (unpaired) electrons. The van der Waals surface area contributed by atoms with Gasteiger partial charge in [0.25, 0.3) is 0 Å². The van der Waals surface area contributed by atoms with Crippen LogP contribution in [0.1, 0.15) is 32.8 Å². The highest BCUT2D eigenvalue weighted by molar-refractivity contribution is 9.10. The molecule has 114 valence electrons. The van der Waals surface area contributed by atoms with E-state index in [2.05, 4.69) is 41.3 Å². The Morgan fingerprint density at radius 1 is 1.40 bits per heavy atom. The van der Waals surface area contributed by atoms with E-state index in [-0.39, 0.29) is 11.6 Å². The minimum atomic E-state index is -0.309. The highest BCUT2D eigenvalue weighted by atomic mass is 79.9. The fourth-order valence-electron chi connectivity index (χ4n) is 2.36. The molecule has 0 amide bonds. The van der Waals surface area contributed by atoms with Crippen LogP contribution < -0.4 is 16.0 Å². The minimum absolute atomic E-state index is 0.00986. The Kier molecular flexibility index (Phi) is 6.95. The number of nitrogens with one attached hydrogen (secondary N) is 1. The first-order valence-corrected chi connectivity index (χ1v) is 7.72. The molecule has 0 aliphatic heterocycles. The van der Waals surface area contributed by atoms with Crippen LogP contribution in [-0.2, 0) is 11.2 Å². The van der Waals surface area contributed by atoms with Gasteiger partial charge >= 0.3 is 0 Å². The molecule has 0 aliphatic carbocycles. The van der Waals surface area contributed by atoms with E-state index in [4.69, 9.17) is 15.3 Å². The molecule has 4 nitrogen and oxygen atoms in total. The second-order valence-corrected chi connectivity index (χ2v) is 5.89.